The van der Waals surface area contributed by atoms with Gasteiger partial charge in [-0.2, -0.15) is 13.2 Å². The first-order chi connectivity index (χ1) is 10.8. The predicted molar refractivity (Wildman–Crippen MR) is 70.9 cm³/mol. The van der Waals surface area contributed by atoms with E-state index in [2.05, 4.69) is 4.98 Å². The van der Waals surface area contributed by atoms with Crippen LogP contribution in [0.25, 0.3) is 0 Å². The summed E-state index contributed by atoms with van der Waals surface area (Å²) in [5.41, 5.74) is -0.870. The molecule has 0 saturated carbocycles. The minimum Gasteiger partial charge on any atom is -0.546 e. The van der Waals surface area contributed by atoms with E-state index >= 15 is 0 Å². The Kier molecular flexibility index (Phi) is 7.07. The van der Waals surface area contributed by atoms with Gasteiger partial charge in [-0.1, -0.05) is 0 Å². The summed E-state index contributed by atoms with van der Waals surface area (Å²) < 4.78 is 47.6. The number of hydrogen-bond donors (Lipinski definition) is 0. The van der Waals surface area contributed by atoms with Crippen molar-refractivity contribution in [3.63, 3.8) is 0 Å². The molecule has 0 bridgehead atoms. The number of hydrogen-bond acceptors (Lipinski definition) is 5. The summed E-state index contributed by atoms with van der Waals surface area (Å²) in [4.78, 5) is 14.1. The molecule has 9 heteroatoms. The number of pyridine rings is 1. The predicted octanol–water partition coefficient (Wildman–Crippen LogP) is -0.586. The van der Waals surface area contributed by atoms with Crippen LogP contribution in [0.4, 0.5) is 13.2 Å². The van der Waals surface area contributed by atoms with E-state index in [4.69, 9.17) is 9.47 Å². The summed E-state index contributed by atoms with van der Waals surface area (Å²) in [6.45, 7) is 1.33. The Morgan fingerprint density at radius 3 is 2.17 bits per heavy atom. The molecule has 2 aromatic rings. The summed E-state index contributed by atoms with van der Waals surface area (Å²) in [7, 11) is 0. The van der Waals surface area contributed by atoms with Gasteiger partial charge < -0.3 is 19.4 Å². The van der Waals surface area contributed by atoms with Gasteiger partial charge in [-0.25, -0.2) is 4.98 Å². The summed E-state index contributed by atoms with van der Waals surface area (Å²) >= 11 is 0. The number of carboxylic acid groups (broad SMARTS) is 1. The molecule has 0 saturated heterocycles. The summed E-state index contributed by atoms with van der Waals surface area (Å²) in [6.07, 6.45) is -4.90. The topological polar surface area (TPSA) is 71.5 Å². The second-order valence-electron chi connectivity index (χ2n) is 4.54. The van der Waals surface area contributed by atoms with Crippen LogP contribution >= 0.6 is 0 Å². The van der Waals surface area contributed by atoms with Crippen LogP contribution in [0.5, 0.6) is 17.4 Å². The number of ether oxygens (including phenoxy) is 2. The maximum Gasteiger partial charge on any atom is 1.00 e. The molecule has 1 heterocycles. The van der Waals surface area contributed by atoms with Gasteiger partial charge in [-0.15, -0.1) is 0 Å². The van der Waals surface area contributed by atoms with Crippen LogP contribution in [-0.4, -0.2) is 17.1 Å². The van der Waals surface area contributed by atoms with Gasteiger partial charge >= 0.3 is 35.7 Å². The van der Waals surface area contributed by atoms with Crippen molar-refractivity contribution in [1.29, 1.82) is 0 Å². The number of benzene rings is 1. The van der Waals surface area contributed by atoms with Crippen LogP contribution < -0.4 is 44.1 Å². The van der Waals surface area contributed by atoms with E-state index in [0.29, 0.717) is 11.9 Å². The SMILES string of the molecule is C[C@@H](Oc1ccc(Oc2ccc(C(F)(F)F)cn2)cc1)C(=O)[O-].[Na+]. The zero-order chi connectivity index (χ0) is 17.0. The third-order valence-electron chi connectivity index (χ3n) is 2.75. The molecule has 5 nitrogen and oxygen atoms in total. The zero-order valence-corrected chi connectivity index (χ0v) is 14.8. The molecule has 0 aliphatic heterocycles. The fraction of sp³-hybridized carbons (Fsp3) is 0.200. The van der Waals surface area contributed by atoms with Crippen molar-refractivity contribution in [2.24, 2.45) is 0 Å². The molecule has 0 aliphatic rings. The average Bonchev–Trinajstić information content (AvgIpc) is 2.49. The second-order valence-corrected chi connectivity index (χ2v) is 4.54. The van der Waals surface area contributed by atoms with E-state index in [1.54, 1.807) is 0 Å². The third-order valence-corrected chi connectivity index (χ3v) is 2.75. The molecule has 1 aromatic heterocycles. The van der Waals surface area contributed by atoms with Crippen molar-refractivity contribution in [3.05, 3.63) is 48.2 Å². The molecule has 0 spiro atoms. The maximum absolute atomic E-state index is 12.4. The first-order valence-corrected chi connectivity index (χ1v) is 6.44. The van der Waals surface area contributed by atoms with Gasteiger partial charge in [-0.3, -0.25) is 0 Å². The summed E-state index contributed by atoms with van der Waals surface area (Å²) in [6, 6.07) is 7.82. The fourth-order valence-corrected chi connectivity index (χ4v) is 1.57. The number of alkyl halides is 3. The monoisotopic (exact) mass is 349 g/mol. The van der Waals surface area contributed by atoms with E-state index in [-0.39, 0.29) is 41.2 Å². The van der Waals surface area contributed by atoms with Crippen molar-refractivity contribution < 1.29 is 62.1 Å². The molecule has 24 heavy (non-hydrogen) atoms. The number of rotatable bonds is 5. The quantitative estimate of drug-likeness (QED) is 0.675. The molecule has 1 aromatic carbocycles. The number of carboxylic acids is 1. The zero-order valence-electron chi connectivity index (χ0n) is 12.8. The van der Waals surface area contributed by atoms with Gasteiger partial charge in [0.25, 0.3) is 0 Å². The van der Waals surface area contributed by atoms with Crippen molar-refractivity contribution >= 4 is 5.97 Å². The molecule has 0 unspecified atom stereocenters. The Morgan fingerprint density at radius 1 is 1.12 bits per heavy atom. The number of carbonyl (C=O) groups excluding carboxylic acids is 1. The van der Waals surface area contributed by atoms with Crippen molar-refractivity contribution in [2.75, 3.05) is 0 Å². The van der Waals surface area contributed by atoms with Crippen molar-refractivity contribution in [3.8, 4) is 17.4 Å². The molecule has 0 amide bonds. The van der Waals surface area contributed by atoms with Crippen molar-refractivity contribution in [1.82, 2.24) is 4.98 Å². The number of halogens is 3. The summed E-state index contributed by atoms with van der Waals surface area (Å²) in [5, 5.41) is 10.6. The van der Waals surface area contributed by atoms with Gasteiger partial charge in [0, 0.05) is 12.3 Å². The van der Waals surface area contributed by atoms with Crippen LogP contribution in [0.3, 0.4) is 0 Å². The minimum absolute atomic E-state index is 0. The molecular formula is C15H11F3NNaO4. The van der Waals surface area contributed by atoms with Gasteiger partial charge in [0.05, 0.1) is 11.5 Å². The Balaban J connectivity index is 0.00000288. The smallest absolute Gasteiger partial charge is 0.546 e. The van der Waals surface area contributed by atoms with Crippen LogP contribution in [0.1, 0.15) is 12.5 Å². The van der Waals surface area contributed by atoms with Gasteiger partial charge in [-0.05, 0) is 37.3 Å². The molecule has 0 N–H and O–H groups in total. The van der Waals surface area contributed by atoms with E-state index in [9.17, 15) is 23.1 Å². The molecule has 0 radical (unpaired) electrons. The van der Waals surface area contributed by atoms with E-state index in [1.807, 2.05) is 0 Å². The molecule has 0 aliphatic carbocycles. The standard InChI is InChI=1S/C15H12F3NO4.Na/c1-9(14(20)21)22-11-3-5-12(6-4-11)23-13-7-2-10(8-19-13)15(16,17)18;/h2-9H,1H3,(H,20,21);/q;+1/p-1/t9-;/m1./s1. The molecule has 122 valence electrons. The first-order valence-electron chi connectivity index (χ1n) is 6.44. The van der Waals surface area contributed by atoms with E-state index < -0.39 is 23.8 Å². The molecular weight excluding hydrogens is 338 g/mol. The Morgan fingerprint density at radius 2 is 1.71 bits per heavy atom. The maximum atomic E-state index is 12.4. The average molecular weight is 349 g/mol. The van der Waals surface area contributed by atoms with E-state index in [1.165, 1.54) is 31.2 Å². The molecule has 2 rings (SSSR count). The minimum atomic E-state index is -4.46. The first kappa shape index (κ1) is 20.3. The second kappa shape index (κ2) is 8.36. The van der Waals surface area contributed by atoms with Crippen LogP contribution in [0.15, 0.2) is 42.6 Å². The number of nitrogens with zero attached hydrogens (tertiary/aromatic N) is 1. The Labute approximate surface area is 157 Å². The number of aromatic nitrogens is 1. The Hall–Kier alpha value is -1.77. The summed E-state index contributed by atoms with van der Waals surface area (Å²) in [5.74, 6) is -0.755. The molecule has 1 atom stereocenters. The normalized spacial score (nSPS) is 12.0. The van der Waals surface area contributed by atoms with Gasteiger partial charge in [0.15, 0.2) is 0 Å². The van der Waals surface area contributed by atoms with Crippen LogP contribution in [-0.2, 0) is 11.0 Å². The number of carbonyl (C=O) groups is 1. The third kappa shape index (κ3) is 5.70. The van der Waals surface area contributed by atoms with Gasteiger partial charge in [0.1, 0.15) is 17.6 Å². The van der Waals surface area contributed by atoms with Crippen molar-refractivity contribution in [2.45, 2.75) is 19.2 Å². The fourth-order valence-electron chi connectivity index (χ4n) is 1.57. The number of aliphatic carboxylic acids is 1. The van der Waals surface area contributed by atoms with Gasteiger partial charge in [0.2, 0.25) is 5.88 Å². The largest absolute Gasteiger partial charge is 1.00 e. The van der Waals surface area contributed by atoms with Crippen LogP contribution in [0.2, 0.25) is 0 Å². The van der Waals surface area contributed by atoms with E-state index in [0.717, 1.165) is 12.1 Å². The van der Waals surface area contributed by atoms with Crippen LogP contribution in [0, 0.1) is 0 Å². The molecule has 0 fully saturated rings. The Bertz CT molecular complexity index is 675.